The van der Waals surface area contributed by atoms with Crippen molar-refractivity contribution in [3.8, 4) is 0 Å². The van der Waals surface area contributed by atoms with Gasteiger partial charge < -0.3 is 10.4 Å². The second kappa shape index (κ2) is 7.54. The normalized spacial score (nSPS) is 13.2. The van der Waals surface area contributed by atoms with Crippen molar-refractivity contribution in [2.45, 2.75) is 52.7 Å². The van der Waals surface area contributed by atoms with Gasteiger partial charge in [-0.05, 0) is 12.3 Å². The van der Waals surface area contributed by atoms with Crippen LogP contribution in [-0.2, 0) is 20.1 Å². The van der Waals surface area contributed by atoms with Crippen molar-refractivity contribution < 1.29 is 9.67 Å². The summed E-state index contributed by atoms with van der Waals surface area (Å²) in [5.74, 6) is 1.71. The molecule has 0 unspecified atom stereocenters. The third-order valence-electron chi connectivity index (χ3n) is 3.49. The third-order valence-corrected chi connectivity index (χ3v) is 3.49. The molecule has 0 aliphatic rings. The van der Waals surface area contributed by atoms with Crippen LogP contribution in [0.2, 0.25) is 0 Å². The highest BCUT2D eigenvalue weighted by atomic mass is 16.3. The number of nitrogens with zero attached hydrogens (tertiary/aromatic N) is 2. The van der Waals surface area contributed by atoms with E-state index in [1.165, 1.54) is 18.7 Å². The van der Waals surface area contributed by atoms with Gasteiger partial charge in [-0.15, -0.1) is 0 Å². The van der Waals surface area contributed by atoms with Gasteiger partial charge in [0, 0.05) is 6.04 Å². The SMILES string of the molecule is CCCCn1cc[n+](C)c1CN[C@H](CO)C(C)C. The summed E-state index contributed by atoms with van der Waals surface area (Å²) in [5, 5.41) is 12.8. The maximum atomic E-state index is 9.33. The third kappa shape index (κ3) is 4.10. The average molecular weight is 254 g/mol. The monoisotopic (exact) mass is 254 g/mol. The molecule has 1 heterocycles. The largest absolute Gasteiger partial charge is 0.395 e. The van der Waals surface area contributed by atoms with Crippen LogP contribution in [0, 0.1) is 5.92 Å². The molecular formula is C14H28N3O+. The minimum absolute atomic E-state index is 0.166. The van der Waals surface area contributed by atoms with E-state index in [4.69, 9.17) is 0 Å². The zero-order chi connectivity index (χ0) is 13.5. The minimum Gasteiger partial charge on any atom is -0.395 e. The van der Waals surface area contributed by atoms with Crippen LogP contribution in [0.4, 0.5) is 0 Å². The van der Waals surface area contributed by atoms with Crippen LogP contribution in [0.3, 0.4) is 0 Å². The van der Waals surface area contributed by atoms with Gasteiger partial charge in [0.15, 0.2) is 0 Å². The Balaban J connectivity index is 2.62. The molecule has 4 nitrogen and oxygen atoms in total. The molecule has 1 atom stereocenters. The van der Waals surface area contributed by atoms with Crippen molar-refractivity contribution in [1.29, 1.82) is 0 Å². The van der Waals surface area contributed by atoms with E-state index in [0.29, 0.717) is 5.92 Å². The van der Waals surface area contributed by atoms with Gasteiger partial charge in [-0.25, -0.2) is 9.13 Å². The van der Waals surface area contributed by atoms with E-state index in [9.17, 15) is 5.11 Å². The molecule has 1 aromatic heterocycles. The van der Waals surface area contributed by atoms with Crippen LogP contribution in [0.5, 0.6) is 0 Å². The van der Waals surface area contributed by atoms with E-state index >= 15 is 0 Å². The summed E-state index contributed by atoms with van der Waals surface area (Å²) in [6, 6.07) is 0.166. The summed E-state index contributed by atoms with van der Waals surface area (Å²) >= 11 is 0. The zero-order valence-electron chi connectivity index (χ0n) is 12.2. The molecular weight excluding hydrogens is 226 g/mol. The number of aliphatic hydroxyl groups is 1. The highest BCUT2D eigenvalue weighted by Crippen LogP contribution is 2.03. The number of aryl methyl sites for hydroxylation is 2. The summed E-state index contributed by atoms with van der Waals surface area (Å²) in [6.45, 7) is 8.53. The van der Waals surface area contributed by atoms with Crippen molar-refractivity contribution in [2.75, 3.05) is 6.61 Å². The Morgan fingerprint density at radius 1 is 1.44 bits per heavy atom. The van der Waals surface area contributed by atoms with E-state index in [1.807, 2.05) is 0 Å². The van der Waals surface area contributed by atoms with Crippen molar-refractivity contribution in [3.63, 3.8) is 0 Å². The standard InChI is InChI=1S/C14H28N3O/c1-5-6-7-17-9-8-16(4)14(17)10-15-13(11-18)12(2)3/h8-9,12-13,15,18H,5-7,10-11H2,1-4H3/q+1/t13-/m1/s1. The molecule has 0 fully saturated rings. The molecule has 2 N–H and O–H groups in total. The van der Waals surface area contributed by atoms with Gasteiger partial charge in [0.1, 0.15) is 12.4 Å². The maximum absolute atomic E-state index is 9.33. The first-order valence-corrected chi connectivity index (χ1v) is 6.98. The Morgan fingerprint density at radius 2 is 2.17 bits per heavy atom. The van der Waals surface area contributed by atoms with E-state index in [1.54, 1.807) is 0 Å². The fourth-order valence-electron chi connectivity index (χ4n) is 2.05. The van der Waals surface area contributed by atoms with Gasteiger partial charge in [-0.1, -0.05) is 27.2 Å². The smallest absolute Gasteiger partial charge is 0.270 e. The molecule has 18 heavy (non-hydrogen) atoms. The minimum atomic E-state index is 0.166. The second-order valence-electron chi connectivity index (χ2n) is 5.29. The first-order valence-electron chi connectivity index (χ1n) is 6.98. The Hall–Kier alpha value is -0.870. The molecule has 0 amide bonds. The van der Waals surface area contributed by atoms with E-state index in [0.717, 1.165) is 13.1 Å². The Morgan fingerprint density at radius 3 is 2.72 bits per heavy atom. The highest BCUT2D eigenvalue weighted by Gasteiger charge is 2.17. The number of unbranched alkanes of at least 4 members (excludes halogenated alkanes) is 1. The number of aromatic nitrogens is 2. The van der Waals surface area contributed by atoms with Gasteiger partial charge in [0.2, 0.25) is 0 Å². The van der Waals surface area contributed by atoms with Crippen molar-refractivity contribution in [3.05, 3.63) is 18.2 Å². The van der Waals surface area contributed by atoms with Gasteiger partial charge in [0.25, 0.3) is 5.82 Å². The number of imidazole rings is 1. The van der Waals surface area contributed by atoms with E-state index in [2.05, 4.69) is 54.7 Å². The number of rotatable bonds is 8. The molecule has 104 valence electrons. The molecule has 1 rings (SSSR count). The summed E-state index contributed by atoms with van der Waals surface area (Å²) in [5.41, 5.74) is 0. The van der Waals surface area contributed by atoms with Gasteiger partial charge in [-0.2, -0.15) is 0 Å². The van der Waals surface area contributed by atoms with Crippen molar-refractivity contribution in [1.82, 2.24) is 9.88 Å². The predicted molar refractivity (Wildman–Crippen MR) is 73.1 cm³/mol. The lowest BCUT2D eigenvalue weighted by Crippen LogP contribution is -2.41. The van der Waals surface area contributed by atoms with Crippen LogP contribution < -0.4 is 9.88 Å². The Labute approximate surface area is 111 Å². The van der Waals surface area contributed by atoms with Crippen LogP contribution >= 0.6 is 0 Å². The van der Waals surface area contributed by atoms with Crippen molar-refractivity contribution >= 4 is 0 Å². The van der Waals surface area contributed by atoms with Crippen LogP contribution in [-0.4, -0.2) is 22.3 Å². The molecule has 0 aliphatic heterocycles. The quantitative estimate of drug-likeness (QED) is 0.685. The van der Waals surface area contributed by atoms with Gasteiger partial charge in [0.05, 0.1) is 26.7 Å². The summed E-state index contributed by atoms with van der Waals surface area (Å²) in [4.78, 5) is 0. The van der Waals surface area contributed by atoms with Crippen LogP contribution in [0.15, 0.2) is 12.4 Å². The molecule has 0 spiro atoms. The summed E-state index contributed by atoms with van der Waals surface area (Å²) in [6.07, 6.45) is 6.64. The molecule has 0 saturated heterocycles. The topological polar surface area (TPSA) is 41.1 Å². The molecule has 0 radical (unpaired) electrons. The number of nitrogens with one attached hydrogen (secondary N) is 1. The summed E-state index contributed by atoms with van der Waals surface area (Å²) < 4.78 is 4.45. The lowest BCUT2D eigenvalue weighted by atomic mass is 10.1. The van der Waals surface area contributed by atoms with E-state index in [-0.39, 0.29) is 12.6 Å². The molecule has 0 bridgehead atoms. The molecule has 0 saturated carbocycles. The predicted octanol–water partition coefficient (Wildman–Crippen LogP) is 1.22. The lowest BCUT2D eigenvalue weighted by Gasteiger charge is -2.19. The number of hydrogen-bond donors (Lipinski definition) is 2. The molecule has 4 heteroatoms. The van der Waals surface area contributed by atoms with Crippen molar-refractivity contribution in [2.24, 2.45) is 13.0 Å². The van der Waals surface area contributed by atoms with Crippen LogP contribution in [0.1, 0.15) is 39.4 Å². The maximum Gasteiger partial charge on any atom is 0.270 e. The van der Waals surface area contributed by atoms with Gasteiger partial charge in [-0.3, -0.25) is 0 Å². The van der Waals surface area contributed by atoms with Gasteiger partial charge >= 0.3 is 0 Å². The average Bonchev–Trinajstić information content (AvgIpc) is 2.68. The fraction of sp³-hybridized carbons (Fsp3) is 0.786. The van der Waals surface area contributed by atoms with E-state index < -0.39 is 0 Å². The first-order chi connectivity index (χ1) is 8.60. The zero-order valence-corrected chi connectivity index (χ0v) is 12.2. The number of hydrogen-bond acceptors (Lipinski definition) is 2. The van der Waals surface area contributed by atoms with Crippen LogP contribution in [0.25, 0.3) is 0 Å². The Bertz CT molecular complexity index is 347. The lowest BCUT2D eigenvalue weighted by molar-refractivity contribution is -0.679. The molecule has 0 aliphatic carbocycles. The molecule has 0 aromatic carbocycles. The Kier molecular flexibility index (Phi) is 6.36. The molecule has 1 aromatic rings. The fourth-order valence-corrected chi connectivity index (χ4v) is 2.05. The highest BCUT2D eigenvalue weighted by molar-refractivity contribution is 4.85. The second-order valence-corrected chi connectivity index (χ2v) is 5.29. The first kappa shape index (κ1) is 15.2. The summed E-state index contributed by atoms with van der Waals surface area (Å²) in [7, 11) is 2.07. The number of aliphatic hydroxyl groups excluding tert-OH is 1.